The number of fused-ring (bicyclic) bond motifs is 1. The quantitative estimate of drug-likeness (QED) is 0.901. The van der Waals surface area contributed by atoms with Crippen molar-refractivity contribution in [1.82, 2.24) is 10.2 Å². The van der Waals surface area contributed by atoms with Crippen LogP contribution in [-0.4, -0.2) is 35.2 Å². The molecule has 1 aromatic heterocycles. The molecule has 0 aliphatic carbocycles. The van der Waals surface area contributed by atoms with Crippen LogP contribution in [0.5, 0.6) is 17.2 Å². The summed E-state index contributed by atoms with van der Waals surface area (Å²) in [5, 5.41) is 15.6. The van der Waals surface area contributed by atoms with Gasteiger partial charge in [-0.05, 0) is 6.07 Å². The van der Waals surface area contributed by atoms with Gasteiger partial charge in [0.1, 0.15) is 11.4 Å². The average molecular weight is 297 g/mol. The number of hydrogen-bond acceptors (Lipinski definition) is 5. The SMILES string of the molecule is COc1c(Cl)cc2c(c1-c1cc(C(=O)O)[nH]n1)OCO2. The number of halogens is 1. The van der Waals surface area contributed by atoms with Gasteiger partial charge in [-0.1, -0.05) is 11.6 Å². The molecule has 0 unspecified atom stereocenters. The highest BCUT2D eigenvalue weighted by Gasteiger charge is 2.27. The Labute approximate surface area is 118 Å². The van der Waals surface area contributed by atoms with E-state index in [1.54, 1.807) is 6.07 Å². The maximum absolute atomic E-state index is 10.9. The summed E-state index contributed by atoms with van der Waals surface area (Å²) in [4.78, 5) is 10.9. The fourth-order valence-corrected chi connectivity index (χ4v) is 2.26. The van der Waals surface area contributed by atoms with Gasteiger partial charge in [0, 0.05) is 6.07 Å². The first-order valence-electron chi connectivity index (χ1n) is 5.57. The molecule has 2 aromatic rings. The van der Waals surface area contributed by atoms with Crippen molar-refractivity contribution in [2.24, 2.45) is 0 Å². The highest BCUT2D eigenvalue weighted by Crippen LogP contribution is 2.50. The molecule has 104 valence electrons. The Morgan fingerprint density at radius 1 is 1.50 bits per heavy atom. The Balaban J connectivity index is 2.23. The number of carbonyl (C=O) groups is 1. The molecule has 0 spiro atoms. The van der Waals surface area contributed by atoms with Crippen LogP contribution in [0.1, 0.15) is 10.5 Å². The first kappa shape index (κ1) is 12.6. The number of aromatic nitrogens is 2. The average Bonchev–Trinajstić information content (AvgIpc) is 3.05. The predicted octanol–water partition coefficient (Wildman–Crippen LogP) is 2.17. The Hall–Kier alpha value is -2.41. The number of H-pyrrole nitrogens is 1. The molecule has 2 N–H and O–H groups in total. The molecule has 1 aliphatic rings. The van der Waals surface area contributed by atoms with Gasteiger partial charge in [0.15, 0.2) is 17.2 Å². The predicted molar refractivity (Wildman–Crippen MR) is 68.7 cm³/mol. The fourth-order valence-electron chi connectivity index (χ4n) is 1.99. The van der Waals surface area contributed by atoms with E-state index in [-0.39, 0.29) is 12.5 Å². The number of carboxylic acid groups (broad SMARTS) is 1. The van der Waals surface area contributed by atoms with E-state index in [1.807, 2.05) is 0 Å². The normalized spacial score (nSPS) is 12.5. The van der Waals surface area contributed by atoms with Crippen LogP contribution in [-0.2, 0) is 0 Å². The number of rotatable bonds is 3. The number of aromatic carboxylic acids is 1. The van der Waals surface area contributed by atoms with E-state index < -0.39 is 5.97 Å². The fraction of sp³-hybridized carbons (Fsp3) is 0.167. The van der Waals surface area contributed by atoms with Crippen molar-refractivity contribution in [3.05, 3.63) is 22.8 Å². The third-order valence-corrected chi connectivity index (χ3v) is 3.12. The molecule has 1 aliphatic heterocycles. The first-order chi connectivity index (χ1) is 9.61. The zero-order chi connectivity index (χ0) is 14.3. The summed E-state index contributed by atoms with van der Waals surface area (Å²) in [7, 11) is 1.46. The van der Waals surface area contributed by atoms with Gasteiger partial charge in [-0.25, -0.2) is 4.79 Å². The maximum Gasteiger partial charge on any atom is 0.353 e. The molecular weight excluding hydrogens is 288 g/mol. The van der Waals surface area contributed by atoms with E-state index in [2.05, 4.69) is 10.2 Å². The lowest BCUT2D eigenvalue weighted by Gasteiger charge is -2.11. The van der Waals surface area contributed by atoms with Crippen molar-refractivity contribution in [1.29, 1.82) is 0 Å². The van der Waals surface area contributed by atoms with Crippen LogP contribution >= 0.6 is 11.6 Å². The molecule has 0 fully saturated rings. The molecule has 0 radical (unpaired) electrons. The second-order valence-corrected chi connectivity index (χ2v) is 4.38. The van der Waals surface area contributed by atoms with Crippen LogP contribution in [0.25, 0.3) is 11.3 Å². The van der Waals surface area contributed by atoms with Crippen LogP contribution in [0.4, 0.5) is 0 Å². The monoisotopic (exact) mass is 296 g/mol. The van der Waals surface area contributed by atoms with Crippen molar-refractivity contribution >= 4 is 17.6 Å². The van der Waals surface area contributed by atoms with Gasteiger partial charge in [-0.15, -0.1) is 0 Å². The summed E-state index contributed by atoms with van der Waals surface area (Å²) in [5.41, 5.74) is 0.759. The van der Waals surface area contributed by atoms with Crippen LogP contribution in [0, 0.1) is 0 Å². The van der Waals surface area contributed by atoms with E-state index in [9.17, 15) is 4.79 Å². The minimum atomic E-state index is -1.11. The second kappa shape index (κ2) is 4.61. The largest absolute Gasteiger partial charge is 0.494 e. The molecule has 7 nitrogen and oxygen atoms in total. The minimum absolute atomic E-state index is 0.0466. The number of carboxylic acids is 1. The van der Waals surface area contributed by atoms with Gasteiger partial charge in [0.05, 0.1) is 17.7 Å². The molecule has 3 rings (SSSR count). The molecule has 20 heavy (non-hydrogen) atoms. The summed E-state index contributed by atoms with van der Waals surface area (Å²) in [6, 6.07) is 2.95. The highest BCUT2D eigenvalue weighted by molar-refractivity contribution is 6.33. The van der Waals surface area contributed by atoms with Gasteiger partial charge >= 0.3 is 5.97 Å². The Kier molecular flexibility index (Phi) is 2.90. The van der Waals surface area contributed by atoms with Crippen LogP contribution in [0.15, 0.2) is 12.1 Å². The number of benzene rings is 1. The van der Waals surface area contributed by atoms with Gasteiger partial charge in [-0.2, -0.15) is 5.10 Å². The maximum atomic E-state index is 10.9. The molecule has 0 saturated heterocycles. The van der Waals surface area contributed by atoms with E-state index in [1.165, 1.54) is 13.2 Å². The molecule has 2 heterocycles. The van der Waals surface area contributed by atoms with Crippen molar-refractivity contribution in [2.45, 2.75) is 0 Å². The Morgan fingerprint density at radius 3 is 2.95 bits per heavy atom. The van der Waals surface area contributed by atoms with Crippen LogP contribution < -0.4 is 14.2 Å². The van der Waals surface area contributed by atoms with Crippen molar-refractivity contribution in [3.8, 4) is 28.5 Å². The minimum Gasteiger partial charge on any atom is -0.494 e. The van der Waals surface area contributed by atoms with Gasteiger partial charge in [0.2, 0.25) is 6.79 Å². The smallest absolute Gasteiger partial charge is 0.353 e. The van der Waals surface area contributed by atoms with Crippen LogP contribution in [0.3, 0.4) is 0 Å². The third-order valence-electron chi connectivity index (χ3n) is 2.84. The van der Waals surface area contributed by atoms with Crippen LogP contribution in [0.2, 0.25) is 5.02 Å². The summed E-state index contributed by atoms with van der Waals surface area (Å²) in [5.74, 6) is 0.123. The number of ether oxygens (including phenoxy) is 3. The second-order valence-electron chi connectivity index (χ2n) is 3.97. The number of nitrogens with one attached hydrogen (secondary N) is 1. The molecule has 0 bridgehead atoms. The Morgan fingerprint density at radius 2 is 2.30 bits per heavy atom. The van der Waals surface area contributed by atoms with Crippen molar-refractivity contribution < 1.29 is 24.1 Å². The highest BCUT2D eigenvalue weighted by atomic mass is 35.5. The lowest BCUT2D eigenvalue weighted by Crippen LogP contribution is -1.95. The van der Waals surface area contributed by atoms with Crippen molar-refractivity contribution in [3.63, 3.8) is 0 Å². The first-order valence-corrected chi connectivity index (χ1v) is 5.94. The van der Waals surface area contributed by atoms with E-state index >= 15 is 0 Å². The van der Waals surface area contributed by atoms with Crippen molar-refractivity contribution in [2.75, 3.05) is 13.9 Å². The molecule has 0 atom stereocenters. The summed E-state index contributed by atoms with van der Waals surface area (Å²) in [6.07, 6.45) is 0. The summed E-state index contributed by atoms with van der Waals surface area (Å²) in [6.45, 7) is 0.0576. The molecule has 0 amide bonds. The van der Waals surface area contributed by atoms with E-state index in [0.717, 1.165) is 0 Å². The topological polar surface area (TPSA) is 93.7 Å². The number of nitrogens with zero attached hydrogens (tertiary/aromatic N) is 1. The molecule has 1 aromatic carbocycles. The van der Waals surface area contributed by atoms with Gasteiger partial charge < -0.3 is 19.3 Å². The van der Waals surface area contributed by atoms with E-state index in [0.29, 0.717) is 33.5 Å². The molecular formula is C12H9ClN2O5. The standard InChI is InChI=1S/C12H9ClN2O5/c1-18-10-5(13)2-8-11(20-4-19-8)9(10)6-3-7(12(16)17)15-14-6/h2-3H,4H2,1H3,(H,14,15)(H,16,17). The zero-order valence-electron chi connectivity index (χ0n) is 10.3. The van der Waals surface area contributed by atoms with Gasteiger partial charge in [-0.3, -0.25) is 5.10 Å². The number of aromatic amines is 1. The lowest BCUT2D eigenvalue weighted by molar-refractivity contribution is 0.0690. The zero-order valence-corrected chi connectivity index (χ0v) is 11.0. The van der Waals surface area contributed by atoms with E-state index in [4.69, 9.17) is 30.9 Å². The third kappa shape index (κ3) is 1.83. The number of methoxy groups -OCH3 is 1. The lowest BCUT2D eigenvalue weighted by atomic mass is 10.1. The summed E-state index contributed by atoms with van der Waals surface area (Å²) < 4.78 is 15.9. The van der Waals surface area contributed by atoms with Gasteiger partial charge in [0.25, 0.3) is 0 Å². The molecule has 0 saturated carbocycles. The molecule has 8 heteroatoms. The summed E-state index contributed by atoms with van der Waals surface area (Å²) >= 11 is 6.12. The number of hydrogen-bond donors (Lipinski definition) is 2. The Bertz CT molecular complexity index is 694.